The Hall–Kier alpha value is -0.0800. The molecule has 0 radical (unpaired) electrons. The van der Waals surface area contributed by atoms with Crippen LogP contribution < -0.4 is 0 Å². The number of rotatable bonds is 4. The Morgan fingerprint density at radius 2 is 2.00 bits per heavy atom. The fourth-order valence-electron chi connectivity index (χ4n) is 0.421. The van der Waals surface area contributed by atoms with Crippen molar-refractivity contribution < 1.29 is 9.84 Å². The normalized spacial score (nSPS) is 14.3. The Bertz CT molecular complexity index is 61.9. The third-order valence-corrected chi connectivity index (χ3v) is 0.971. The molecular formula is C7H16O2. The summed E-state index contributed by atoms with van der Waals surface area (Å²) in [4.78, 5) is 0. The summed E-state index contributed by atoms with van der Waals surface area (Å²) in [6, 6.07) is 0. The van der Waals surface area contributed by atoms with Gasteiger partial charge in [0.05, 0.1) is 6.61 Å². The molecule has 0 aliphatic rings. The van der Waals surface area contributed by atoms with Crippen molar-refractivity contribution in [3.63, 3.8) is 0 Å². The molecule has 0 bridgehead atoms. The van der Waals surface area contributed by atoms with Crippen LogP contribution in [0.1, 0.15) is 27.2 Å². The Balaban J connectivity index is 3.06. The van der Waals surface area contributed by atoms with Crippen LogP contribution in [0.3, 0.4) is 0 Å². The minimum Gasteiger partial charge on any atom is -0.368 e. The van der Waals surface area contributed by atoms with Gasteiger partial charge in [0.2, 0.25) is 0 Å². The van der Waals surface area contributed by atoms with Gasteiger partial charge in [-0.3, -0.25) is 0 Å². The molecule has 2 heteroatoms. The van der Waals surface area contributed by atoms with E-state index >= 15 is 0 Å². The van der Waals surface area contributed by atoms with E-state index in [1.807, 2.05) is 6.92 Å². The van der Waals surface area contributed by atoms with Crippen LogP contribution in [0.5, 0.6) is 0 Å². The van der Waals surface area contributed by atoms with Crippen LogP contribution in [0, 0.1) is 5.92 Å². The smallest absolute Gasteiger partial charge is 0.154 e. The number of ether oxygens (including phenoxy) is 1. The molecule has 0 aliphatic heterocycles. The van der Waals surface area contributed by atoms with E-state index in [4.69, 9.17) is 9.84 Å². The van der Waals surface area contributed by atoms with E-state index < -0.39 is 6.29 Å². The minimum absolute atomic E-state index is 0.506. The molecule has 0 aliphatic carbocycles. The van der Waals surface area contributed by atoms with E-state index in [-0.39, 0.29) is 0 Å². The highest BCUT2D eigenvalue weighted by Gasteiger charge is 2.00. The molecule has 56 valence electrons. The molecule has 0 spiro atoms. The Morgan fingerprint density at radius 1 is 1.44 bits per heavy atom. The van der Waals surface area contributed by atoms with Crippen LogP contribution >= 0.6 is 0 Å². The number of aliphatic hydroxyl groups excluding tert-OH is 1. The predicted molar refractivity (Wildman–Crippen MR) is 37.1 cm³/mol. The summed E-state index contributed by atoms with van der Waals surface area (Å²) in [6.45, 7) is 6.66. The first-order chi connectivity index (χ1) is 4.16. The maximum Gasteiger partial charge on any atom is 0.154 e. The Labute approximate surface area is 56.8 Å². The Kier molecular flexibility index (Phi) is 4.72. The quantitative estimate of drug-likeness (QED) is 0.586. The average Bonchev–Trinajstić information content (AvgIpc) is 1.83. The highest BCUT2D eigenvalue weighted by molar-refractivity contribution is 4.41. The molecule has 9 heavy (non-hydrogen) atoms. The van der Waals surface area contributed by atoms with Crippen molar-refractivity contribution >= 4 is 0 Å². The number of aliphatic hydroxyl groups is 1. The largest absolute Gasteiger partial charge is 0.368 e. The van der Waals surface area contributed by atoms with E-state index in [1.54, 1.807) is 0 Å². The van der Waals surface area contributed by atoms with Gasteiger partial charge in [0.25, 0.3) is 0 Å². The number of hydrogen-bond donors (Lipinski definition) is 1. The predicted octanol–water partition coefficient (Wildman–Crippen LogP) is 1.39. The van der Waals surface area contributed by atoms with Gasteiger partial charge in [0.1, 0.15) is 0 Å². The third kappa shape index (κ3) is 5.80. The summed E-state index contributed by atoms with van der Waals surface area (Å²) in [5.41, 5.74) is 0. The maximum absolute atomic E-state index is 8.88. The van der Waals surface area contributed by atoms with Crippen LogP contribution in [0.25, 0.3) is 0 Å². The molecule has 0 fully saturated rings. The first kappa shape index (κ1) is 8.92. The monoisotopic (exact) mass is 132 g/mol. The van der Waals surface area contributed by atoms with Gasteiger partial charge in [0, 0.05) is 0 Å². The SMILES string of the molecule is CCC(O)OCC(C)C. The van der Waals surface area contributed by atoms with E-state index in [0.717, 1.165) is 0 Å². The van der Waals surface area contributed by atoms with Gasteiger partial charge in [-0.25, -0.2) is 0 Å². The zero-order valence-corrected chi connectivity index (χ0v) is 6.42. The van der Waals surface area contributed by atoms with Gasteiger partial charge in [-0.05, 0) is 12.3 Å². The van der Waals surface area contributed by atoms with Crippen LogP contribution in [0.4, 0.5) is 0 Å². The van der Waals surface area contributed by atoms with Crippen LogP contribution in [0.2, 0.25) is 0 Å². The molecule has 1 N–H and O–H groups in total. The van der Waals surface area contributed by atoms with Crippen LogP contribution in [-0.2, 0) is 4.74 Å². The van der Waals surface area contributed by atoms with Gasteiger partial charge in [-0.2, -0.15) is 0 Å². The average molecular weight is 132 g/mol. The minimum atomic E-state index is -0.563. The molecule has 0 heterocycles. The fourth-order valence-corrected chi connectivity index (χ4v) is 0.421. The number of hydrogen-bond acceptors (Lipinski definition) is 2. The van der Waals surface area contributed by atoms with E-state index in [2.05, 4.69) is 13.8 Å². The van der Waals surface area contributed by atoms with Crippen molar-refractivity contribution in [2.24, 2.45) is 5.92 Å². The molecule has 0 aromatic carbocycles. The van der Waals surface area contributed by atoms with Crippen LogP contribution in [0.15, 0.2) is 0 Å². The van der Waals surface area contributed by atoms with Gasteiger partial charge >= 0.3 is 0 Å². The second kappa shape index (κ2) is 4.77. The highest BCUT2D eigenvalue weighted by atomic mass is 16.6. The lowest BCUT2D eigenvalue weighted by Crippen LogP contribution is -2.13. The van der Waals surface area contributed by atoms with Crippen molar-refractivity contribution in [3.05, 3.63) is 0 Å². The standard InChI is InChI=1S/C7H16O2/c1-4-7(8)9-5-6(2)3/h6-8H,4-5H2,1-3H3. The zero-order chi connectivity index (χ0) is 7.28. The van der Waals surface area contributed by atoms with Crippen molar-refractivity contribution in [2.45, 2.75) is 33.5 Å². The molecule has 0 saturated heterocycles. The second-order valence-electron chi connectivity index (χ2n) is 2.59. The summed E-state index contributed by atoms with van der Waals surface area (Å²) in [7, 11) is 0. The molecule has 0 saturated carbocycles. The molecule has 2 nitrogen and oxygen atoms in total. The summed E-state index contributed by atoms with van der Waals surface area (Å²) in [5.74, 6) is 0.506. The fraction of sp³-hybridized carbons (Fsp3) is 1.00. The molecule has 1 atom stereocenters. The van der Waals surface area contributed by atoms with E-state index in [1.165, 1.54) is 0 Å². The topological polar surface area (TPSA) is 29.5 Å². The van der Waals surface area contributed by atoms with Gasteiger partial charge in [0.15, 0.2) is 6.29 Å². The summed E-state index contributed by atoms with van der Waals surface area (Å²) < 4.78 is 5.01. The second-order valence-corrected chi connectivity index (χ2v) is 2.59. The lowest BCUT2D eigenvalue weighted by Gasteiger charge is -2.10. The molecule has 1 unspecified atom stereocenters. The molecular weight excluding hydrogens is 116 g/mol. The van der Waals surface area contributed by atoms with Crippen molar-refractivity contribution in [3.8, 4) is 0 Å². The summed E-state index contributed by atoms with van der Waals surface area (Å²) in [6.07, 6.45) is 0.111. The van der Waals surface area contributed by atoms with E-state index in [9.17, 15) is 0 Å². The molecule has 0 rings (SSSR count). The van der Waals surface area contributed by atoms with Gasteiger partial charge < -0.3 is 9.84 Å². The van der Waals surface area contributed by atoms with Crippen LogP contribution in [-0.4, -0.2) is 18.0 Å². The first-order valence-corrected chi connectivity index (χ1v) is 3.46. The van der Waals surface area contributed by atoms with Crippen molar-refractivity contribution in [1.82, 2.24) is 0 Å². The lowest BCUT2D eigenvalue weighted by atomic mass is 10.2. The Morgan fingerprint density at radius 3 is 2.33 bits per heavy atom. The summed E-state index contributed by atoms with van der Waals surface area (Å²) in [5, 5.41) is 8.88. The zero-order valence-electron chi connectivity index (χ0n) is 6.42. The van der Waals surface area contributed by atoms with Gasteiger partial charge in [-0.1, -0.05) is 20.8 Å². The summed E-state index contributed by atoms with van der Waals surface area (Å²) >= 11 is 0. The molecule has 0 amide bonds. The molecule has 0 aromatic heterocycles. The maximum atomic E-state index is 8.88. The van der Waals surface area contributed by atoms with E-state index in [0.29, 0.717) is 18.9 Å². The highest BCUT2D eigenvalue weighted by Crippen LogP contribution is 1.97. The first-order valence-electron chi connectivity index (χ1n) is 3.46. The van der Waals surface area contributed by atoms with Crippen molar-refractivity contribution in [1.29, 1.82) is 0 Å². The molecule has 0 aromatic rings. The third-order valence-electron chi connectivity index (χ3n) is 0.971. The van der Waals surface area contributed by atoms with Crippen molar-refractivity contribution in [2.75, 3.05) is 6.61 Å². The lowest BCUT2D eigenvalue weighted by molar-refractivity contribution is -0.108. The van der Waals surface area contributed by atoms with Gasteiger partial charge in [-0.15, -0.1) is 0 Å².